The molecule has 2 heterocycles. The lowest BCUT2D eigenvalue weighted by molar-refractivity contribution is 0.119. The van der Waals surface area contributed by atoms with Crippen LogP contribution in [0.3, 0.4) is 0 Å². The van der Waals surface area contributed by atoms with Crippen LogP contribution in [0.15, 0.2) is 35.3 Å². The molecule has 1 aromatic heterocycles. The first-order valence-corrected chi connectivity index (χ1v) is 12.3. The first-order chi connectivity index (χ1) is 15.6. The van der Waals surface area contributed by atoms with Crippen molar-refractivity contribution in [3.63, 3.8) is 0 Å². The van der Waals surface area contributed by atoms with E-state index in [-0.39, 0.29) is 6.04 Å². The highest BCUT2D eigenvalue weighted by molar-refractivity contribution is 5.80. The van der Waals surface area contributed by atoms with E-state index in [1.807, 2.05) is 18.5 Å². The Morgan fingerprint density at radius 3 is 2.44 bits per heavy atom. The number of nitrogens with zero attached hydrogens (tertiary/aromatic N) is 5. The number of hydrogen-bond acceptors (Lipinski definition) is 4. The first kappa shape index (κ1) is 22.8. The Hall–Kier alpha value is -2.41. The highest BCUT2D eigenvalue weighted by atomic mass is 15.3. The van der Waals surface area contributed by atoms with Crippen LogP contribution in [0.1, 0.15) is 75.1 Å². The third kappa shape index (κ3) is 5.88. The zero-order valence-corrected chi connectivity index (χ0v) is 19.9. The summed E-state index contributed by atoms with van der Waals surface area (Å²) in [5.41, 5.74) is 1.25. The van der Waals surface area contributed by atoms with Gasteiger partial charge in [0.25, 0.3) is 0 Å². The molecule has 0 bridgehead atoms. The Morgan fingerprint density at radius 1 is 1.06 bits per heavy atom. The second kappa shape index (κ2) is 10.9. The van der Waals surface area contributed by atoms with Gasteiger partial charge in [-0.2, -0.15) is 0 Å². The molecule has 1 aliphatic heterocycles. The van der Waals surface area contributed by atoms with Crippen LogP contribution >= 0.6 is 0 Å². The summed E-state index contributed by atoms with van der Waals surface area (Å²) in [6, 6.07) is 12.0. The van der Waals surface area contributed by atoms with Crippen LogP contribution in [-0.4, -0.2) is 50.8 Å². The maximum Gasteiger partial charge on any atom is 0.192 e. The van der Waals surface area contributed by atoms with Crippen molar-refractivity contribution in [3.8, 4) is 0 Å². The van der Waals surface area contributed by atoms with E-state index in [2.05, 4.69) is 63.0 Å². The molecule has 7 nitrogen and oxygen atoms in total. The van der Waals surface area contributed by atoms with E-state index in [1.165, 1.54) is 63.6 Å². The summed E-state index contributed by atoms with van der Waals surface area (Å²) < 4.78 is 2.00. The average molecular weight is 438 g/mol. The summed E-state index contributed by atoms with van der Waals surface area (Å²) in [5.74, 6) is 2.65. The lowest BCUT2D eigenvalue weighted by Crippen LogP contribution is -2.51. The van der Waals surface area contributed by atoms with Crippen LogP contribution in [0.5, 0.6) is 0 Å². The SMILES string of the molecule is Cc1nnc(CN=C(NC2CCN(C3CCCCC3)CC2)NC(C)c2ccccc2)n1C. The van der Waals surface area contributed by atoms with Gasteiger partial charge in [-0.1, -0.05) is 49.6 Å². The first-order valence-electron chi connectivity index (χ1n) is 12.3. The molecular formula is C25H39N7. The molecule has 4 rings (SSSR count). The van der Waals surface area contributed by atoms with E-state index < -0.39 is 0 Å². The molecule has 1 unspecified atom stereocenters. The summed E-state index contributed by atoms with van der Waals surface area (Å²) in [6.45, 7) is 7.04. The van der Waals surface area contributed by atoms with E-state index in [0.717, 1.165) is 23.7 Å². The molecule has 1 aromatic carbocycles. The number of guanidine groups is 1. The number of likely N-dealkylation sites (tertiary alicyclic amines) is 1. The van der Waals surface area contributed by atoms with Gasteiger partial charge in [0.15, 0.2) is 11.8 Å². The molecule has 2 aromatic rings. The minimum absolute atomic E-state index is 0.172. The van der Waals surface area contributed by atoms with Crippen LogP contribution in [0.2, 0.25) is 0 Å². The summed E-state index contributed by atoms with van der Waals surface area (Å²) in [4.78, 5) is 7.63. The van der Waals surface area contributed by atoms with Crippen molar-refractivity contribution < 1.29 is 0 Å². The average Bonchev–Trinajstić information content (AvgIpc) is 3.16. The molecule has 1 saturated heterocycles. The van der Waals surface area contributed by atoms with Crippen LogP contribution in [0, 0.1) is 6.92 Å². The number of aromatic nitrogens is 3. The minimum atomic E-state index is 0.172. The predicted molar refractivity (Wildman–Crippen MR) is 129 cm³/mol. The normalized spacial score (nSPS) is 20.3. The Labute approximate surface area is 192 Å². The number of aryl methyl sites for hydroxylation is 1. The second-order valence-corrected chi connectivity index (χ2v) is 9.41. The number of piperidine rings is 1. The van der Waals surface area contributed by atoms with Crippen LogP contribution < -0.4 is 10.6 Å². The van der Waals surface area contributed by atoms with Crippen molar-refractivity contribution in [3.05, 3.63) is 47.5 Å². The topological polar surface area (TPSA) is 70.4 Å². The van der Waals surface area contributed by atoms with Crippen molar-refractivity contribution in [1.82, 2.24) is 30.3 Å². The van der Waals surface area contributed by atoms with Crippen molar-refractivity contribution in [2.45, 2.75) is 83.5 Å². The van der Waals surface area contributed by atoms with Gasteiger partial charge in [0.1, 0.15) is 12.4 Å². The van der Waals surface area contributed by atoms with Gasteiger partial charge in [0.05, 0.1) is 6.04 Å². The van der Waals surface area contributed by atoms with Gasteiger partial charge in [-0.25, -0.2) is 4.99 Å². The van der Waals surface area contributed by atoms with Gasteiger partial charge in [-0.05, 0) is 45.1 Å². The summed E-state index contributed by atoms with van der Waals surface area (Å²) in [7, 11) is 1.99. The molecule has 1 aliphatic carbocycles. The lowest BCUT2D eigenvalue weighted by atomic mass is 9.92. The lowest BCUT2D eigenvalue weighted by Gasteiger charge is -2.39. The smallest absolute Gasteiger partial charge is 0.192 e. The number of benzene rings is 1. The molecule has 1 atom stereocenters. The zero-order chi connectivity index (χ0) is 22.3. The van der Waals surface area contributed by atoms with Crippen molar-refractivity contribution in [1.29, 1.82) is 0 Å². The highest BCUT2D eigenvalue weighted by Gasteiger charge is 2.26. The van der Waals surface area contributed by atoms with Crippen molar-refractivity contribution in [2.75, 3.05) is 13.1 Å². The number of nitrogens with one attached hydrogen (secondary N) is 2. The maximum absolute atomic E-state index is 4.89. The molecule has 0 radical (unpaired) electrons. The molecule has 174 valence electrons. The molecule has 32 heavy (non-hydrogen) atoms. The van der Waals surface area contributed by atoms with Gasteiger partial charge < -0.3 is 20.1 Å². The Balaban J connectivity index is 1.39. The quantitative estimate of drug-likeness (QED) is 0.532. The van der Waals surface area contributed by atoms with Gasteiger partial charge in [0.2, 0.25) is 0 Å². The molecule has 2 fully saturated rings. The number of hydrogen-bond donors (Lipinski definition) is 2. The highest BCUT2D eigenvalue weighted by Crippen LogP contribution is 2.25. The van der Waals surface area contributed by atoms with E-state index in [9.17, 15) is 0 Å². The fourth-order valence-electron chi connectivity index (χ4n) is 4.95. The molecule has 2 aliphatic rings. The Morgan fingerprint density at radius 2 is 1.78 bits per heavy atom. The van der Waals surface area contributed by atoms with Gasteiger partial charge in [-0.3, -0.25) is 0 Å². The fourth-order valence-corrected chi connectivity index (χ4v) is 4.95. The van der Waals surface area contributed by atoms with Crippen molar-refractivity contribution >= 4 is 5.96 Å². The third-order valence-corrected chi connectivity index (χ3v) is 7.18. The second-order valence-electron chi connectivity index (χ2n) is 9.41. The monoisotopic (exact) mass is 437 g/mol. The number of aliphatic imine (C=N–C) groups is 1. The summed E-state index contributed by atoms with van der Waals surface area (Å²) >= 11 is 0. The van der Waals surface area contributed by atoms with Crippen LogP contribution in [0.25, 0.3) is 0 Å². The van der Waals surface area contributed by atoms with Gasteiger partial charge >= 0.3 is 0 Å². The van der Waals surface area contributed by atoms with Gasteiger partial charge in [-0.15, -0.1) is 10.2 Å². The van der Waals surface area contributed by atoms with E-state index >= 15 is 0 Å². The van der Waals surface area contributed by atoms with Crippen LogP contribution in [0.4, 0.5) is 0 Å². The third-order valence-electron chi connectivity index (χ3n) is 7.18. The summed E-state index contributed by atoms with van der Waals surface area (Å²) in [5, 5.41) is 15.8. The Kier molecular flexibility index (Phi) is 7.79. The zero-order valence-electron chi connectivity index (χ0n) is 19.9. The van der Waals surface area contributed by atoms with E-state index in [4.69, 9.17) is 4.99 Å². The molecule has 1 saturated carbocycles. The molecular weight excluding hydrogens is 398 g/mol. The van der Waals surface area contributed by atoms with Gasteiger partial charge in [0, 0.05) is 32.2 Å². The van der Waals surface area contributed by atoms with E-state index in [1.54, 1.807) is 0 Å². The Bertz CT molecular complexity index is 862. The fraction of sp³-hybridized carbons (Fsp3) is 0.640. The van der Waals surface area contributed by atoms with Crippen molar-refractivity contribution in [2.24, 2.45) is 12.0 Å². The molecule has 0 spiro atoms. The standard InChI is InChI=1S/C25H39N7/c1-19(21-10-6-4-7-11-21)27-25(26-18-24-30-29-20(2)31(24)3)28-22-14-16-32(17-15-22)23-12-8-5-9-13-23/h4,6-7,10-11,19,22-23H,5,8-9,12-18H2,1-3H3,(H2,26,27,28). The molecule has 2 N–H and O–H groups in total. The number of rotatable bonds is 6. The minimum Gasteiger partial charge on any atom is -0.354 e. The molecule has 0 amide bonds. The predicted octanol–water partition coefficient (Wildman–Crippen LogP) is 3.72. The van der Waals surface area contributed by atoms with E-state index in [0.29, 0.717) is 12.6 Å². The maximum atomic E-state index is 4.89. The van der Waals surface area contributed by atoms with Crippen LogP contribution in [-0.2, 0) is 13.6 Å². The molecule has 7 heteroatoms. The largest absolute Gasteiger partial charge is 0.354 e. The summed E-state index contributed by atoms with van der Waals surface area (Å²) in [6.07, 6.45) is 9.34.